The minimum atomic E-state index is -4.73. The van der Waals surface area contributed by atoms with Gasteiger partial charge in [0, 0.05) is 12.8 Å². The SMILES string of the molecule is CC/C=C/C/C=C/C/C=C/C/C=C/CCCCC(=O)O[C@H](COC(=O)CCCCCCCCCCCCCCCCCCC)COP(=O)(O)OC[C@H](N)C(=O)O. The molecule has 0 aromatic heterocycles. The lowest BCUT2D eigenvalue weighted by atomic mass is 10.0. The van der Waals surface area contributed by atoms with E-state index in [1.807, 2.05) is 0 Å². The fourth-order valence-corrected chi connectivity index (χ4v) is 6.48. The Morgan fingerprint density at radius 2 is 1.00 bits per heavy atom. The van der Waals surface area contributed by atoms with Gasteiger partial charge in [-0.25, -0.2) is 4.57 Å². The highest BCUT2D eigenvalue weighted by Gasteiger charge is 2.28. The highest BCUT2D eigenvalue weighted by Crippen LogP contribution is 2.43. The molecule has 0 fully saturated rings. The zero-order valence-corrected chi connectivity index (χ0v) is 35.9. The molecule has 0 amide bonds. The molecule has 0 aliphatic heterocycles. The molecular weight excluding hydrogens is 733 g/mol. The van der Waals surface area contributed by atoms with Crippen molar-refractivity contribution in [3.63, 3.8) is 0 Å². The second kappa shape index (κ2) is 39.3. The maximum absolute atomic E-state index is 12.6. The van der Waals surface area contributed by atoms with E-state index in [2.05, 4.69) is 67.0 Å². The number of rotatable bonds is 40. The molecule has 0 radical (unpaired) electrons. The summed E-state index contributed by atoms with van der Waals surface area (Å²) in [5.74, 6) is -2.43. The number of unbranched alkanes of at least 4 members (excludes halogenated alkanes) is 18. The van der Waals surface area contributed by atoms with Crippen LogP contribution in [-0.2, 0) is 37.5 Å². The Morgan fingerprint density at radius 1 is 0.571 bits per heavy atom. The third-order valence-corrected chi connectivity index (χ3v) is 10.0. The number of allylic oxidation sites excluding steroid dienone is 8. The molecule has 11 nitrogen and oxygen atoms in total. The topological polar surface area (TPSA) is 172 Å². The van der Waals surface area contributed by atoms with Crippen LogP contribution < -0.4 is 5.73 Å². The lowest BCUT2D eigenvalue weighted by molar-refractivity contribution is -0.161. The summed E-state index contributed by atoms with van der Waals surface area (Å²) in [6.45, 7) is 2.65. The lowest BCUT2D eigenvalue weighted by Crippen LogP contribution is -2.34. The molecular formula is C44H78NO10P. The molecule has 0 spiro atoms. The largest absolute Gasteiger partial charge is 0.480 e. The van der Waals surface area contributed by atoms with Gasteiger partial charge in [-0.05, 0) is 51.4 Å². The Balaban J connectivity index is 4.40. The molecule has 0 saturated heterocycles. The maximum atomic E-state index is 12.6. The average molecular weight is 812 g/mol. The normalized spacial score (nSPS) is 14.2. The molecule has 0 rings (SSSR count). The standard InChI is InChI=1S/C44H78NO10P/c1-3-5-7-9-11-13-15-17-19-20-22-23-25-27-29-31-33-35-42(46)52-37-40(38-53-56(50,51)54-39-41(45)44(48)49)55-43(47)36-34-32-30-28-26-24-21-18-16-14-12-10-8-6-4-2/h6,8,12,14,18,21,26,28,40-41H,3-5,7,9-11,13,15-17,19-20,22-25,27,29-39,45H2,1-2H3,(H,48,49)(H,50,51)/b8-6+,14-12+,21-18+,28-26+/t40-,41+/m1/s1. The summed E-state index contributed by atoms with van der Waals surface area (Å²) in [5.41, 5.74) is 5.33. The zero-order chi connectivity index (χ0) is 41.4. The second-order valence-electron chi connectivity index (χ2n) is 14.5. The monoisotopic (exact) mass is 812 g/mol. The third kappa shape index (κ3) is 38.3. The fourth-order valence-electron chi connectivity index (χ4n) is 5.70. The molecule has 0 aliphatic rings. The summed E-state index contributed by atoms with van der Waals surface area (Å²) < 4.78 is 32.6. The van der Waals surface area contributed by atoms with Gasteiger partial charge in [0.25, 0.3) is 0 Å². The number of phosphoric acid groups is 1. The maximum Gasteiger partial charge on any atom is 0.472 e. The predicted octanol–water partition coefficient (Wildman–Crippen LogP) is 11.4. The summed E-state index contributed by atoms with van der Waals surface area (Å²) >= 11 is 0. The van der Waals surface area contributed by atoms with Crippen LogP contribution in [0.1, 0.15) is 181 Å². The summed E-state index contributed by atoms with van der Waals surface area (Å²) in [4.78, 5) is 45.9. The number of hydrogen-bond acceptors (Lipinski definition) is 9. The molecule has 12 heteroatoms. The summed E-state index contributed by atoms with van der Waals surface area (Å²) in [6.07, 6.45) is 43.2. The number of hydrogen-bond donors (Lipinski definition) is 3. The van der Waals surface area contributed by atoms with Crippen molar-refractivity contribution in [3.05, 3.63) is 48.6 Å². The van der Waals surface area contributed by atoms with Gasteiger partial charge in [0.15, 0.2) is 6.10 Å². The Morgan fingerprint density at radius 3 is 1.50 bits per heavy atom. The lowest BCUT2D eigenvalue weighted by Gasteiger charge is -2.20. The number of nitrogens with two attached hydrogens (primary N) is 1. The van der Waals surface area contributed by atoms with Crippen LogP contribution in [0.3, 0.4) is 0 Å². The minimum Gasteiger partial charge on any atom is -0.480 e. The fraction of sp³-hybridized carbons (Fsp3) is 0.750. The van der Waals surface area contributed by atoms with Gasteiger partial charge in [-0.1, -0.05) is 165 Å². The first-order valence-electron chi connectivity index (χ1n) is 21.7. The van der Waals surface area contributed by atoms with Gasteiger partial charge in [-0.3, -0.25) is 23.4 Å². The third-order valence-electron chi connectivity index (χ3n) is 9.09. The van der Waals surface area contributed by atoms with Crippen LogP contribution in [0.4, 0.5) is 0 Å². The molecule has 1 unspecified atom stereocenters. The van der Waals surface area contributed by atoms with Gasteiger partial charge in [0.05, 0.1) is 13.2 Å². The van der Waals surface area contributed by atoms with Crippen molar-refractivity contribution >= 4 is 25.7 Å². The molecule has 0 aromatic carbocycles. The van der Waals surface area contributed by atoms with Crippen LogP contribution in [0.25, 0.3) is 0 Å². The zero-order valence-electron chi connectivity index (χ0n) is 35.0. The second-order valence-corrected chi connectivity index (χ2v) is 15.9. The van der Waals surface area contributed by atoms with E-state index in [9.17, 15) is 23.8 Å². The molecule has 0 aromatic rings. The van der Waals surface area contributed by atoms with Crippen LogP contribution in [0, 0.1) is 0 Å². The molecule has 0 heterocycles. The van der Waals surface area contributed by atoms with Crippen molar-refractivity contribution in [1.82, 2.24) is 0 Å². The van der Waals surface area contributed by atoms with Crippen molar-refractivity contribution in [3.8, 4) is 0 Å². The van der Waals surface area contributed by atoms with Crippen molar-refractivity contribution in [2.45, 2.75) is 193 Å². The van der Waals surface area contributed by atoms with Crippen LogP contribution in [0.15, 0.2) is 48.6 Å². The number of aliphatic carboxylic acids is 1. The van der Waals surface area contributed by atoms with E-state index in [4.69, 9.17) is 24.8 Å². The van der Waals surface area contributed by atoms with Crippen LogP contribution >= 0.6 is 7.82 Å². The first-order valence-corrected chi connectivity index (χ1v) is 23.2. The molecule has 0 saturated carbocycles. The van der Waals surface area contributed by atoms with E-state index in [-0.39, 0.29) is 19.4 Å². The quantitative estimate of drug-likeness (QED) is 0.0233. The van der Waals surface area contributed by atoms with Gasteiger partial charge in [-0.15, -0.1) is 0 Å². The number of phosphoric ester groups is 1. The summed E-state index contributed by atoms with van der Waals surface area (Å²) in [7, 11) is -4.73. The van der Waals surface area contributed by atoms with Gasteiger partial charge in [0.2, 0.25) is 0 Å². The van der Waals surface area contributed by atoms with E-state index < -0.39 is 51.1 Å². The van der Waals surface area contributed by atoms with Gasteiger partial charge in [-0.2, -0.15) is 0 Å². The van der Waals surface area contributed by atoms with Gasteiger partial charge in [0.1, 0.15) is 12.6 Å². The Hall–Kier alpha value is -2.56. The molecule has 4 N–H and O–H groups in total. The Kier molecular flexibility index (Phi) is 37.5. The van der Waals surface area contributed by atoms with Gasteiger partial charge >= 0.3 is 25.7 Å². The minimum absolute atomic E-state index is 0.109. The Bertz CT molecular complexity index is 1140. The number of carbonyl (C=O) groups is 3. The molecule has 56 heavy (non-hydrogen) atoms. The van der Waals surface area contributed by atoms with E-state index in [1.54, 1.807) is 0 Å². The van der Waals surface area contributed by atoms with Crippen molar-refractivity contribution in [2.75, 3.05) is 19.8 Å². The summed E-state index contributed by atoms with van der Waals surface area (Å²) in [6, 6.07) is -1.53. The van der Waals surface area contributed by atoms with E-state index >= 15 is 0 Å². The van der Waals surface area contributed by atoms with E-state index in [1.165, 1.54) is 83.5 Å². The number of esters is 2. The van der Waals surface area contributed by atoms with Crippen molar-refractivity contribution in [1.29, 1.82) is 0 Å². The van der Waals surface area contributed by atoms with Gasteiger partial charge < -0.3 is 25.2 Å². The highest BCUT2D eigenvalue weighted by atomic mass is 31.2. The Labute approximate surface area is 339 Å². The first kappa shape index (κ1) is 53.4. The van der Waals surface area contributed by atoms with Crippen molar-refractivity contribution in [2.24, 2.45) is 5.73 Å². The first-order chi connectivity index (χ1) is 27.1. The summed E-state index contributed by atoms with van der Waals surface area (Å²) in [5, 5.41) is 8.88. The number of carboxylic acids is 1. The molecule has 0 bridgehead atoms. The highest BCUT2D eigenvalue weighted by molar-refractivity contribution is 7.47. The van der Waals surface area contributed by atoms with Crippen LogP contribution in [-0.4, -0.2) is 59.9 Å². The molecule has 324 valence electrons. The van der Waals surface area contributed by atoms with Crippen molar-refractivity contribution < 1.29 is 47.5 Å². The molecule has 3 atom stereocenters. The number of ether oxygens (including phenoxy) is 2. The number of carbonyl (C=O) groups excluding carboxylic acids is 2. The molecule has 0 aliphatic carbocycles. The number of carboxylic acid groups (broad SMARTS) is 1. The van der Waals surface area contributed by atoms with Crippen LogP contribution in [0.2, 0.25) is 0 Å². The average Bonchev–Trinajstić information content (AvgIpc) is 3.17. The predicted molar refractivity (Wildman–Crippen MR) is 226 cm³/mol. The van der Waals surface area contributed by atoms with E-state index in [0.717, 1.165) is 57.8 Å². The van der Waals surface area contributed by atoms with Crippen LogP contribution in [0.5, 0.6) is 0 Å². The van der Waals surface area contributed by atoms with E-state index in [0.29, 0.717) is 12.8 Å². The smallest absolute Gasteiger partial charge is 0.472 e.